The third-order valence-corrected chi connectivity index (χ3v) is 4.40. The lowest BCUT2D eigenvalue weighted by Crippen LogP contribution is -2.24. The molecule has 4 N–H and O–H groups in total. The molecule has 7 nitrogen and oxygen atoms in total. The number of aromatic nitrogens is 3. The molecule has 0 radical (unpaired) electrons. The summed E-state index contributed by atoms with van der Waals surface area (Å²) < 4.78 is 7.47. The lowest BCUT2D eigenvalue weighted by Gasteiger charge is -2.14. The molecule has 0 aromatic carbocycles. The summed E-state index contributed by atoms with van der Waals surface area (Å²) in [7, 11) is 1.37. The Balaban J connectivity index is 2.09. The number of anilines is 1. The fraction of sp³-hybridized carbons (Fsp3) is 0.385. The van der Waals surface area contributed by atoms with Crippen LogP contribution in [0.3, 0.4) is 0 Å². The average molecular weight is 432 g/mol. The number of ether oxygens (including phenoxy) is 1. The highest BCUT2D eigenvalue weighted by molar-refractivity contribution is 14.2. The van der Waals surface area contributed by atoms with E-state index in [9.17, 15) is 10.2 Å². The molecule has 3 unspecified atom stereocenters. The molecule has 2 aromatic heterocycles. The standard InChI is InChI=1S/C13H13IN4O3S/c14-22-2-1-7-4-18(10-3-8(20)9(5-19)21-10)13-11(7)12(15)16-6-17-13/h4,6,8-10,19-20H,3,5H2,(H2,15,16,17). The monoisotopic (exact) mass is 432 g/mol. The van der Waals surface area contributed by atoms with Gasteiger partial charge in [-0.3, -0.25) is 0 Å². The summed E-state index contributed by atoms with van der Waals surface area (Å²) in [5, 5.41) is 22.7. The number of hydrogen-bond donors (Lipinski definition) is 3. The van der Waals surface area contributed by atoms with Gasteiger partial charge in [-0.05, 0) is 14.2 Å². The second-order valence-corrected chi connectivity index (χ2v) is 6.51. The second kappa shape index (κ2) is 6.59. The second-order valence-electron chi connectivity index (χ2n) is 4.83. The van der Waals surface area contributed by atoms with Crippen molar-refractivity contribution < 1.29 is 14.9 Å². The molecule has 1 aliphatic rings. The number of aliphatic hydroxyl groups excluding tert-OH is 2. The van der Waals surface area contributed by atoms with Crippen molar-refractivity contribution in [1.29, 1.82) is 0 Å². The Labute approximate surface area is 142 Å². The number of nitrogens with two attached hydrogens (primary N) is 1. The first-order valence-corrected chi connectivity index (χ1v) is 9.85. The topological polar surface area (TPSA) is 106 Å². The van der Waals surface area contributed by atoms with E-state index in [0.717, 1.165) is 0 Å². The quantitative estimate of drug-likeness (QED) is 0.481. The molecule has 0 aliphatic carbocycles. The minimum atomic E-state index is -0.717. The van der Waals surface area contributed by atoms with Crippen LogP contribution in [0, 0.1) is 11.2 Å². The summed E-state index contributed by atoms with van der Waals surface area (Å²) in [5.41, 5.74) is 7.26. The zero-order chi connectivity index (χ0) is 15.7. The van der Waals surface area contributed by atoms with E-state index in [4.69, 9.17) is 10.5 Å². The van der Waals surface area contributed by atoms with Crippen LogP contribution >= 0.6 is 30.1 Å². The fourth-order valence-electron chi connectivity index (χ4n) is 2.55. The van der Waals surface area contributed by atoms with Crippen LogP contribution in [0.2, 0.25) is 0 Å². The highest BCUT2D eigenvalue weighted by Gasteiger charge is 2.35. The first-order valence-electron chi connectivity index (χ1n) is 6.49. The number of fused-ring (bicyclic) bond motifs is 1. The molecule has 9 heteroatoms. The van der Waals surface area contributed by atoms with Gasteiger partial charge >= 0.3 is 0 Å². The Bertz CT molecular complexity index is 757. The van der Waals surface area contributed by atoms with Gasteiger partial charge in [0.1, 0.15) is 30.1 Å². The lowest BCUT2D eigenvalue weighted by atomic mass is 10.2. The van der Waals surface area contributed by atoms with Crippen LogP contribution in [0.25, 0.3) is 11.0 Å². The van der Waals surface area contributed by atoms with E-state index >= 15 is 0 Å². The molecule has 3 rings (SSSR count). The van der Waals surface area contributed by atoms with Gasteiger partial charge in [-0.15, -0.1) is 0 Å². The normalized spacial score (nSPS) is 24.4. The van der Waals surface area contributed by atoms with Crippen LogP contribution < -0.4 is 5.73 Å². The lowest BCUT2D eigenvalue weighted by molar-refractivity contribution is -0.0430. The zero-order valence-corrected chi connectivity index (χ0v) is 14.3. The average Bonchev–Trinajstić information content (AvgIpc) is 3.06. The summed E-state index contributed by atoms with van der Waals surface area (Å²) in [5.74, 6) is 3.37. The summed E-state index contributed by atoms with van der Waals surface area (Å²) >= 11 is 2.09. The molecular formula is C13H13IN4O3S. The van der Waals surface area contributed by atoms with E-state index in [1.165, 1.54) is 15.3 Å². The van der Waals surface area contributed by atoms with Crippen molar-refractivity contribution in [2.45, 2.75) is 24.9 Å². The maximum atomic E-state index is 9.91. The van der Waals surface area contributed by atoms with Crippen molar-refractivity contribution in [2.75, 3.05) is 12.3 Å². The SMILES string of the molecule is Nc1ncnc2c1c(C#CSI)cn2C1CC(O)C(CO)O1. The summed E-state index contributed by atoms with van der Waals surface area (Å²) in [6.07, 6.45) is 1.81. The van der Waals surface area contributed by atoms with Crippen LogP contribution in [0.15, 0.2) is 12.5 Å². The van der Waals surface area contributed by atoms with E-state index in [1.54, 1.807) is 10.8 Å². The van der Waals surface area contributed by atoms with Gasteiger partial charge in [0.15, 0.2) is 0 Å². The van der Waals surface area contributed by atoms with E-state index in [-0.39, 0.29) is 6.61 Å². The van der Waals surface area contributed by atoms with Gasteiger partial charge < -0.3 is 25.3 Å². The maximum Gasteiger partial charge on any atom is 0.148 e. The Hall–Kier alpha value is -1.06. The molecule has 3 heterocycles. The number of nitrogens with zero attached hydrogens (tertiary/aromatic N) is 3. The van der Waals surface area contributed by atoms with Gasteiger partial charge in [0.2, 0.25) is 0 Å². The van der Waals surface area contributed by atoms with Crippen molar-refractivity contribution in [3.05, 3.63) is 18.1 Å². The van der Waals surface area contributed by atoms with Gasteiger partial charge in [-0.2, -0.15) is 0 Å². The van der Waals surface area contributed by atoms with E-state index in [2.05, 4.69) is 42.3 Å². The number of halogens is 1. The molecule has 1 aliphatic heterocycles. The minimum Gasteiger partial charge on any atom is -0.394 e. The van der Waals surface area contributed by atoms with Gasteiger partial charge in [-0.25, -0.2) is 9.97 Å². The van der Waals surface area contributed by atoms with E-state index < -0.39 is 18.4 Å². The van der Waals surface area contributed by atoms with Crippen LogP contribution in [-0.4, -0.2) is 43.6 Å². The first-order chi connectivity index (χ1) is 10.7. The Morgan fingerprint density at radius 1 is 1.55 bits per heavy atom. The van der Waals surface area contributed by atoms with Crippen LogP contribution in [0.1, 0.15) is 18.2 Å². The highest BCUT2D eigenvalue weighted by Crippen LogP contribution is 2.33. The van der Waals surface area contributed by atoms with Crippen LogP contribution in [0.4, 0.5) is 5.82 Å². The number of hydrogen-bond acceptors (Lipinski definition) is 7. The van der Waals surface area contributed by atoms with Gasteiger partial charge in [0.25, 0.3) is 0 Å². The third kappa shape index (κ3) is 2.77. The molecule has 1 fully saturated rings. The van der Waals surface area contributed by atoms with Crippen LogP contribution in [0.5, 0.6) is 0 Å². The predicted molar refractivity (Wildman–Crippen MR) is 92.0 cm³/mol. The molecule has 3 atom stereocenters. The van der Waals surface area contributed by atoms with Crippen LogP contribution in [-0.2, 0) is 4.74 Å². The Kier molecular flexibility index (Phi) is 4.74. The van der Waals surface area contributed by atoms with Gasteiger partial charge in [-0.1, -0.05) is 5.92 Å². The molecule has 1 saturated heterocycles. The maximum absolute atomic E-state index is 9.91. The number of nitrogen functional groups attached to an aromatic ring is 1. The van der Waals surface area contributed by atoms with Crippen molar-refractivity contribution in [1.82, 2.24) is 14.5 Å². The van der Waals surface area contributed by atoms with Gasteiger partial charge in [0, 0.05) is 33.8 Å². The molecule has 2 aromatic rings. The molecule has 0 bridgehead atoms. The summed E-state index contributed by atoms with van der Waals surface area (Å²) in [6.45, 7) is -0.230. The molecular weight excluding hydrogens is 419 g/mol. The number of aliphatic hydroxyl groups is 2. The molecule has 0 amide bonds. The summed E-state index contributed by atoms with van der Waals surface area (Å²) in [4.78, 5) is 8.27. The number of rotatable bonds is 2. The Morgan fingerprint density at radius 2 is 2.36 bits per heavy atom. The zero-order valence-electron chi connectivity index (χ0n) is 11.3. The molecule has 22 heavy (non-hydrogen) atoms. The smallest absolute Gasteiger partial charge is 0.148 e. The minimum absolute atomic E-state index is 0.230. The van der Waals surface area contributed by atoms with Crippen molar-refractivity contribution >= 4 is 47.0 Å². The third-order valence-electron chi connectivity index (χ3n) is 3.56. The summed E-state index contributed by atoms with van der Waals surface area (Å²) in [6, 6.07) is 0. The van der Waals surface area contributed by atoms with E-state index in [0.29, 0.717) is 28.8 Å². The molecule has 0 spiro atoms. The largest absolute Gasteiger partial charge is 0.394 e. The predicted octanol–water partition coefficient (Wildman–Crippen LogP) is 1.05. The van der Waals surface area contributed by atoms with Crippen molar-refractivity contribution in [3.8, 4) is 11.2 Å². The molecule has 116 valence electrons. The fourth-order valence-corrected chi connectivity index (χ4v) is 3.03. The van der Waals surface area contributed by atoms with Crippen molar-refractivity contribution in [2.24, 2.45) is 0 Å². The van der Waals surface area contributed by atoms with Crippen molar-refractivity contribution in [3.63, 3.8) is 0 Å². The highest BCUT2D eigenvalue weighted by atomic mass is 127. The van der Waals surface area contributed by atoms with Gasteiger partial charge in [0.05, 0.1) is 23.7 Å². The van der Waals surface area contributed by atoms with E-state index in [1.807, 2.05) is 0 Å². The first kappa shape index (κ1) is 15.8. The Morgan fingerprint density at radius 3 is 3.05 bits per heavy atom. The molecule has 0 saturated carbocycles.